The predicted molar refractivity (Wildman–Crippen MR) is 288 cm³/mol. The minimum atomic E-state index is 1.10. The maximum Gasteiger partial charge on any atom is 0.0640 e. The number of fused-ring (bicyclic) bond motifs is 7. The van der Waals surface area contributed by atoms with Gasteiger partial charge in [0.05, 0.1) is 21.4 Å². The van der Waals surface area contributed by atoms with Crippen molar-refractivity contribution in [3.63, 3.8) is 0 Å². The molecule has 13 rings (SSSR count). The average Bonchev–Trinajstić information content (AvgIpc) is 3.96. The zero-order chi connectivity index (χ0) is 44.3. The summed E-state index contributed by atoms with van der Waals surface area (Å²) in [6.07, 6.45) is 0. The Kier molecular flexibility index (Phi) is 9.40. The predicted octanol–water partition coefficient (Wildman–Crippen LogP) is 18.4. The zero-order valence-corrected chi connectivity index (χ0v) is 37.4. The first-order chi connectivity index (χ1) is 33.2. The Balaban J connectivity index is 0.925. The molecule has 0 aliphatic heterocycles. The van der Waals surface area contributed by atoms with Gasteiger partial charge < -0.3 is 9.47 Å². The molecule has 0 unspecified atom stereocenters. The Morgan fingerprint density at radius 2 is 0.731 bits per heavy atom. The molecular weight excluding hydrogens is 829 g/mol. The molecule has 0 fully saturated rings. The van der Waals surface area contributed by atoms with E-state index in [2.05, 4.69) is 264 Å². The van der Waals surface area contributed by atoms with Crippen LogP contribution in [-0.2, 0) is 0 Å². The molecule has 13 aromatic rings. The second-order valence-electron chi connectivity index (χ2n) is 17.2. The van der Waals surface area contributed by atoms with Gasteiger partial charge in [0, 0.05) is 43.3 Å². The molecule has 0 amide bonds. The summed E-state index contributed by atoms with van der Waals surface area (Å²) in [5.41, 5.74) is 16.7. The van der Waals surface area contributed by atoms with E-state index in [9.17, 15) is 0 Å². The molecule has 314 valence electrons. The van der Waals surface area contributed by atoms with Gasteiger partial charge in [-0.05, 0) is 110 Å². The fourth-order valence-corrected chi connectivity index (χ4v) is 11.6. The number of nitrogens with zero attached hydrogens (tertiary/aromatic N) is 2. The lowest BCUT2D eigenvalue weighted by atomic mass is 9.91. The molecule has 3 heteroatoms. The number of anilines is 3. The maximum atomic E-state index is 2.44. The molecule has 2 aromatic heterocycles. The standard InChI is InChI=1S/C64H42N2S/c1-3-15-45(16-4-1)52-23-11-19-48-20-12-24-53(62(48)52)47-35-41-50(42-36-47)65(61-30-14-27-58-57-26-13-25-54(63(57)67-64(58)61)46-17-5-2-6-18-46)49-37-31-43(32-38-49)44-33-39-51(40-34-44)66-59-28-9-7-21-55(59)56-22-8-10-29-60(56)66/h1-42H. The summed E-state index contributed by atoms with van der Waals surface area (Å²) in [5, 5.41) is 7.59. The molecule has 0 saturated heterocycles. The molecule has 0 N–H and O–H groups in total. The van der Waals surface area contributed by atoms with Crippen LogP contribution >= 0.6 is 11.3 Å². The Morgan fingerprint density at radius 3 is 1.33 bits per heavy atom. The van der Waals surface area contributed by atoms with E-state index in [4.69, 9.17) is 0 Å². The lowest BCUT2D eigenvalue weighted by Crippen LogP contribution is -2.10. The first kappa shape index (κ1) is 38.9. The van der Waals surface area contributed by atoms with Crippen LogP contribution in [0, 0.1) is 0 Å². The van der Waals surface area contributed by atoms with Gasteiger partial charge in [-0.25, -0.2) is 0 Å². The van der Waals surface area contributed by atoms with Crippen molar-refractivity contribution >= 4 is 81.1 Å². The average molecular weight is 871 g/mol. The van der Waals surface area contributed by atoms with Crippen molar-refractivity contribution in [2.24, 2.45) is 0 Å². The molecule has 0 bridgehead atoms. The van der Waals surface area contributed by atoms with E-state index < -0.39 is 0 Å². The van der Waals surface area contributed by atoms with Gasteiger partial charge >= 0.3 is 0 Å². The van der Waals surface area contributed by atoms with Crippen LogP contribution in [0.25, 0.3) is 103 Å². The first-order valence-electron chi connectivity index (χ1n) is 22.9. The molecule has 11 aromatic carbocycles. The summed E-state index contributed by atoms with van der Waals surface area (Å²) >= 11 is 1.89. The van der Waals surface area contributed by atoms with E-state index in [1.165, 1.54) is 97.3 Å². The van der Waals surface area contributed by atoms with Crippen LogP contribution in [0.5, 0.6) is 0 Å². The molecule has 0 saturated carbocycles. The van der Waals surface area contributed by atoms with Crippen LogP contribution < -0.4 is 4.90 Å². The fraction of sp³-hybridized carbons (Fsp3) is 0. The van der Waals surface area contributed by atoms with E-state index in [0.717, 1.165) is 22.7 Å². The minimum Gasteiger partial charge on any atom is -0.309 e. The van der Waals surface area contributed by atoms with E-state index in [0.29, 0.717) is 0 Å². The molecule has 0 aliphatic rings. The van der Waals surface area contributed by atoms with E-state index >= 15 is 0 Å². The maximum absolute atomic E-state index is 2.44. The van der Waals surface area contributed by atoms with Gasteiger partial charge in [0.1, 0.15) is 0 Å². The minimum absolute atomic E-state index is 1.10. The van der Waals surface area contributed by atoms with Crippen molar-refractivity contribution in [3.8, 4) is 50.2 Å². The Morgan fingerprint density at radius 1 is 0.299 bits per heavy atom. The van der Waals surface area contributed by atoms with Crippen molar-refractivity contribution < 1.29 is 0 Å². The summed E-state index contributed by atoms with van der Waals surface area (Å²) < 4.78 is 4.94. The highest BCUT2D eigenvalue weighted by Crippen LogP contribution is 2.48. The van der Waals surface area contributed by atoms with Gasteiger partial charge in [-0.3, -0.25) is 0 Å². The summed E-state index contributed by atoms with van der Waals surface area (Å²) in [7, 11) is 0. The van der Waals surface area contributed by atoms with Crippen molar-refractivity contribution in [2.45, 2.75) is 0 Å². The van der Waals surface area contributed by atoms with E-state index in [-0.39, 0.29) is 0 Å². The second-order valence-corrected chi connectivity index (χ2v) is 18.2. The monoisotopic (exact) mass is 870 g/mol. The fourth-order valence-electron chi connectivity index (χ4n) is 10.3. The van der Waals surface area contributed by atoms with Gasteiger partial charge in [0.25, 0.3) is 0 Å². The molecule has 2 heterocycles. The van der Waals surface area contributed by atoms with Crippen LogP contribution in [0.4, 0.5) is 17.1 Å². The third-order valence-corrected chi connectivity index (χ3v) is 14.7. The molecule has 67 heavy (non-hydrogen) atoms. The summed E-state index contributed by atoms with van der Waals surface area (Å²) in [6.45, 7) is 0. The van der Waals surface area contributed by atoms with Gasteiger partial charge in [0.2, 0.25) is 0 Å². The van der Waals surface area contributed by atoms with Gasteiger partial charge in [-0.15, -0.1) is 11.3 Å². The number of rotatable bonds is 8. The van der Waals surface area contributed by atoms with Crippen LogP contribution in [0.3, 0.4) is 0 Å². The third-order valence-electron chi connectivity index (χ3n) is 13.4. The van der Waals surface area contributed by atoms with Gasteiger partial charge in [-0.2, -0.15) is 0 Å². The lowest BCUT2D eigenvalue weighted by Gasteiger charge is -2.26. The van der Waals surface area contributed by atoms with Gasteiger partial charge in [0.15, 0.2) is 0 Å². The van der Waals surface area contributed by atoms with Crippen molar-refractivity contribution in [2.75, 3.05) is 4.90 Å². The normalized spacial score (nSPS) is 11.6. The van der Waals surface area contributed by atoms with Crippen LogP contribution in [0.2, 0.25) is 0 Å². The summed E-state index contributed by atoms with van der Waals surface area (Å²) in [4.78, 5) is 2.44. The number of aromatic nitrogens is 1. The molecule has 0 radical (unpaired) electrons. The largest absolute Gasteiger partial charge is 0.309 e. The highest BCUT2D eigenvalue weighted by molar-refractivity contribution is 7.27. The number of para-hydroxylation sites is 2. The van der Waals surface area contributed by atoms with Crippen LogP contribution in [-0.4, -0.2) is 4.57 Å². The lowest BCUT2D eigenvalue weighted by molar-refractivity contribution is 1.18. The summed E-state index contributed by atoms with van der Waals surface area (Å²) in [5.74, 6) is 0. The quantitative estimate of drug-likeness (QED) is 0.148. The zero-order valence-electron chi connectivity index (χ0n) is 36.6. The Labute approximate surface area is 393 Å². The van der Waals surface area contributed by atoms with Crippen LogP contribution in [0.15, 0.2) is 255 Å². The third kappa shape index (κ3) is 6.63. The number of thiophene rings is 1. The Hall–Kier alpha value is -8.50. The van der Waals surface area contributed by atoms with E-state index in [1.54, 1.807) is 0 Å². The highest BCUT2D eigenvalue weighted by Gasteiger charge is 2.21. The van der Waals surface area contributed by atoms with Gasteiger partial charge in [-0.1, -0.05) is 200 Å². The number of hydrogen-bond acceptors (Lipinski definition) is 2. The molecule has 0 atom stereocenters. The number of hydrogen-bond donors (Lipinski definition) is 0. The second kappa shape index (κ2) is 16.2. The first-order valence-corrected chi connectivity index (χ1v) is 23.7. The summed E-state index contributed by atoms with van der Waals surface area (Å²) in [6, 6.07) is 93.0. The molecular formula is C64H42N2S. The van der Waals surface area contributed by atoms with E-state index in [1.807, 2.05) is 11.3 Å². The topological polar surface area (TPSA) is 8.17 Å². The SMILES string of the molecule is c1ccc(-c2cccc3c2sc2c(N(c4ccc(-c5ccc(-n6c7ccccc7c7ccccc76)cc5)cc4)c4ccc(-c5cccc6cccc(-c7ccccc7)c56)cc4)cccc23)cc1. The van der Waals surface area contributed by atoms with Crippen molar-refractivity contribution in [1.29, 1.82) is 0 Å². The highest BCUT2D eigenvalue weighted by atomic mass is 32.1. The Bertz CT molecular complexity index is 3880. The molecule has 0 spiro atoms. The van der Waals surface area contributed by atoms with Crippen molar-refractivity contribution in [1.82, 2.24) is 4.57 Å². The molecule has 0 aliphatic carbocycles. The number of benzene rings is 11. The van der Waals surface area contributed by atoms with Crippen LogP contribution in [0.1, 0.15) is 0 Å². The molecule has 2 nitrogen and oxygen atoms in total. The smallest absolute Gasteiger partial charge is 0.0640 e. The van der Waals surface area contributed by atoms with Crippen molar-refractivity contribution in [3.05, 3.63) is 255 Å².